The van der Waals surface area contributed by atoms with Crippen molar-refractivity contribution in [3.05, 3.63) is 139 Å². The van der Waals surface area contributed by atoms with Crippen molar-refractivity contribution in [3.63, 3.8) is 0 Å². The zero-order chi connectivity index (χ0) is 45.0. The van der Waals surface area contributed by atoms with E-state index in [4.69, 9.17) is 13.6 Å². The van der Waals surface area contributed by atoms with E-state index in [0.29, 0.717) is 23.0 Å². The highest BCUT2D eigenvalue weighted by atomic mass is 16.5. The summed E-state index contributed by atoms with van der Waals surface area (Å²) in [7, 11) is 0. The maximum Gasteiger partial charge on any atom is 0.278 e. The van der Waals surface area contributed by atoms with Crippen LogP contribution in [0, 0.1) is 52.9 Å². The molecule has 1 unspecified atom stereocenters. The zero-order valence-corrected chi connectivity index (χ0v) is 38.1. The van der Waals surface area contributed by atoms with Crippen molar-refractivity contribution in [2.75, 3.05) is 16.0 Å². The van der Waals surface area contributed by atoms with Crippen LogP contribution in [0.3, 0.4) is 0 Å². The maximum atomic E-state index is 12.7. The van der Waals surface area contributed by atoms with E-state index in [1.54, 1.807) is 0 Å². The normalized spacial score (nSPS) is 15.1. The Bertz CT molecular complexity index is 2640. The first-order valence-corrected chi connectivity index (χ1v) is 22.1. The number of benzene rings is 3. The number of rotatable bonds is 6. The van der Waals surface area contributed by atoms with E-state index in [1.165, 1.54) is 16.7 Å². The predicted molar refractivity (Wildman–Crippen MR) is 245 cm³/mol. The van der Waals surface area contributed by atoms with Crippen LogP contribution in [-0.4, -0.2) is 33.2 Å². The number of hydrogen-bond acceptors (Lipinski definition) is 9. The number of nitrogens with one attached hydrogen (secondary N) is 3. The fourth-order valence-corrected chi connectivity index (χ4v) is 8.31. The third-order valence-corrected chi connectivity index (χ3v) is 12.9. The van der Waals surface area contributed by atoms with Gasteiger partial charge in [-0.1, -0.05) is 54.4 Å². The van der Waals surface area contributed by atoms with Crippen LogP contribution in [0.1, 0.15) is 145 Å². The highest BCUT2D eigenvalue weighted by Gasteiger charge is 2.34. The summed E-state index contributed by atoms with van der Waals surface area (Å²) in [6, 6.07) is 17.7. The number of nitrogens with zero attached hydrogens (tertiary/aromatic N) is 3. The zero-order valence-electron chi connectivity index (χ0n) is 38.1. The maximum absolute atomic E-state index is 12.7. The van der Waals surface area contributed by atoms with Crippen molar-refractivity contribution in [1.29, 1.82) is 0 Å². The Morgan fingerprint density at radius 1 is 0.492 bits per heavy atom. The molecular formula is C51H60N6O6. The molecule has 0 radical (unpaired) electrons. The molecule has 3 aliphatic rings. The monoisotopic (exact) mass is 852 g/mol. The molecule has 0 fully saturated rings. The fourth-order valence-electron chi connectivity index (χ4n) is 8.31. The van der Waals surface area contributed by atoms with E-state index in [9.17, 15) is 14.4 Å². The molecule has 12 nitrogen and oxygen atoms in total. The summed E-state index contributed by atoms with van der Waals surface area (Å²) in [6.07, 6.45) is 9.60. The molecule has 3 amide bonds. The van der Waals surface area contributed by atoms with Gasteiger partial charge < -0.3 is 29.5 Å². The molecule has 3 aromatic carbocycles. The summed E-state index contributed by atoms with van der Waals surface area (Å²) in [5.74, 6) is 2.61. The van der Waals surface area contributed by atoms with Gasteiger partial charge in [0.2, 0.25) is 0 Å². The minimum atomic E-state index is -0.185. The van der Waals surface area contributed by atoms with E-state index >= 15 is 0 Å². The average Bonchev–Trinajstić information content (AvgIpc) is 4.06. The number of carbonyl (C=O) groups excluding carboxylic acids is 3. The summed E-state index contributed by atoms with van der Waals surface area (Å²) < 4.78 is 15.9. The van der Waals surface area contributed by atoms with E-state index in [2.05, 4.69) is 66.0 Å². The summed E-state index contributed by atoms with van der Waals surface area (Å²) in [5, 5.41) is 20.6. The number of aryl methyl sites for hydroxylation is 9. The molecule has 3 aromatic heterocycles. The fraction of sp³-hybridized carbons (Fsp3) is 0.412. The Balaban J connectivity index is 0.000000143. The number of hydrogen-bond donors (Lipinski definition) is 3. The third kappa shape index (κ3) is 10.5. The summed E-state index contributed by atoms with van der Waals surface area (Å²) in [5.41, 5.74) is 14.0. The van der Waals surface area contributed by atoms with Gasteiger partial charge in [-0.25, -0.2) is 0 Å². The molecule has 330 valence electrons. The average molecular weight is 853 g/mol. The molecule has 63 heavy (non-hydrogen) atoms. The van der Waals surface area contributed by atoms with E-state index in [1.807, 2.05) is 82.3 Å². The standard InChI is InChI=1S/C20H26N2O2.C16H18N2O2.C15H16N2O2/c1-12-6-8-15(10-13(12)2)21-19(23)18-16-11-14(20(3,4)5)7-9-17(16)24-22-18;1-10-7-8-12(9-11(10)2)17-16(19)15-13-5-3-4-6-14(13)20-18-15;1-9-6-7-11(8-10(9)2)16-15(18)14-12-4-3-5-13(12)19-17-14/h6,8,10,14H,7,9,11H2,1-5H3,(H,21,23);7-9H,3-6H2,1-2H3,(H,17,19);6-8H,3-5H2,1-2H3,(H,16,18). The minimum Gasteiger partial charge on any atom is -0.360 e. The van der Waals surface area contributed by atoms with E-state index < -0.39 is 0 Å². The minimum absolute atomic E-state index is 0.180. The van der Waals surface area contributed by atoms with Crippen LogP contribution in [0.4, 0.5) is 17.1 Å². The molecule has 0 aliphatic heterocycles. The lowest BCUT2D eigenvalue weighted by Gasteiger charge is -2.33. The highest BCUT2D eigenvalue weighted by molar-refractivity contribution is 6.05. The van der Waals surface area contributed by atoms with Gasteiger partial charge in [-0.15, -0.1) is 0 Å². The molecule has 3 aliphatic carbocycles. The Morgan fingerprint density at radius 2 is 0.857 bits per heavy atom. The SMILES string of the molecule is Cc1ccc(NC(=O)c2noc3c2CC(C(C)(C)C)CC3)cc1C.Cc1ccc(NC(=O)c2noc3c2CCC3)cc1C.Cc1ccc(NC(=O)c2noc3c2CCCC3)cc1C. The summed E-state index contributed by atoms with van der Waals surface area (Å²) >= 11 is 0. The van der Waals surface area contributed by atoms with Gasteiger partial charge >= 0.3 is 0 Å². The summed E-state index contributed by atoms with van der Waals surface area (Å²) in [4.78, 5) is 37.2. The number of anilines is 3. The van der Waals surface area contributed by atoms with Crippen LogP contribution < -0.4 is 16.0 Å². The Morgan fingerprint density at radius 3 is 1.27 bits per heavy atom. The second-order valence-corrected chi connectivity index (χ2v) is 18.4. The molecule has 3 heterocycles. The predicted octanol–water partition coefficient (Wildman–Crippen LogP) is 11.1. The van der Waals surface area contributed by atoms with Crippen molar-refractivity contribution in [1.82, 2.24) is 15.5 Å². The smallest absolute Gasteiger partial charge is 0.278 e. The van der Waals surface area contributed by atoms with Crippen molar-refractivity contribution < 1.29 is 28.0 Å². The van der Waals surface area contributed by atoms with Gasteiger partial charge in [0.1, 0.15) is 17.3 Å². The van der Waals surface area contributed by atoms with Crippen molar-refractivity contribution in [2.45, 2.75) is 127 Å². The second kappa shape index (κ2) is 19.0. The van der Waals surface area contributed by atoms with Gasteiger partial charge in [0.05, 0.1) is 0 Å². The van der Waals surface area contributed by atoms with Crippen molar-refractivity contribution in [2.24, 2.45) is 11.3 Å². The molecule has 0 saturated heterocycles. The lowest BCUT2D eigenvalue weighted by atomic mass is 9.71. The van der Waals surface area contributed by atoms with Gasteiger partial charge in [0.25, 0.3) is 17.7 Å². The first kappa shape index (κ1) is 44.7. The molecule has 9 rings (SSSR count). The first-order valence-electron chi connectivity index (χ1n) is 22.1. The largest absolute Gasteiger partial charge is 0.360 e. The van der Waals surface area contributed by atoms with Crippen LogP contribution in [0.25, 0.3) is 0 Å². The molecule has 0 spiro atoms. The van der Waals surface area contributed by atoms with Gasteiger partial charge in [-0.3, -0.25) is 14.4 Å². The van der Waals surface area contributed by atoms with Crippen molar-refractivity contribution >= 4 is 34.8 Å². The first-order chi connectivity index (χ1) is 30.0. The van der Waals surface area contributed by atoms with Crippen molar-refractivity contribution in [3.8, 4) is 0 Å². The highest BCUT2D eigenvalue weighted by Crippen LogP contribution is 2.38. The van der Waals surface area contributed by atoms with Crippen LogP contribution >= 0.6 is 0 Å². The quantitative estimate of drug-likeness (QED) is 0.148. The molecule has 12 heteroatoms. The number of carbonyl (C=O) groups is 3. The number of aromatic nitrogens is 3. The van der Waals surface area contributed by atoms with Crippen LogP contribution in [0.5, 0.6) is 0 Å². The van der Waals surface area contributed by atoms with E-state index in [0.717, 1.165) is 132 Å². The van der Waals surface area contributed by atoms with Gasteiger partial charge in [0.15, 0.2) is 17.1 Å². The van der Waals surface area contributed by atoms with Crippen LogP contribution in [-0.2, 0) is 38.5 Å². The molecule has 6 aromatic rings. The second-order valence-electron chi connectivity index (χ2n) is 18.4. The molecule has 3 N–H and O–H groups in total. The third-order valence-electron chi connectivity index (χ3n) is 12.9. The van der Waals surface area contributed by atoms with E-state index in [-0.39, 0.29) is 23.1 Å². The lowest BCUT2D eigenvalue weighted by molar-refractivity contribution is 0.100. The molecule has 0 bridgehead atoms. The summed E-state index contributed by atoms with van der Waals surface area (Å²) in [6.45, 7) is 19.0. The lowest BCUT2D eigenvalue weighted by Crippen LogP contribution is -2.27. The Hall–Kier alpha value is -6.30. The molecule has 1 atom stereocenters. The van der Waals surface area contributed by atoms with Gasteiger partial charge in [-0.2, -0.15) is 0 Å². The molecular weight excluding hydrogens is 793 g/mol. The topological polar surface area (TPSA) is 165 Å². The molecule has 0 saturated carbocycles. The van der Waals surface area contributed by atoms with Gasteiger partial charge in [-0.05, 0) is 168 Å². The Kier molecular flexibility index (Phi) is 13.5. The number of amides is 3. The van der Waals surface area contributed by atoms with Gasteiger partial charge in [0, 0.05) is 53.0 Å². The Labute approximate surface area is 369 Å². The van der Waals surface area contributed by atoms with Crippen LogP contribution in [0.15, 0.2) is 68.2 Å². The number of fused-ring (bicyclic) bond motifs is 3. The van der Waals surface area contributed by atoms with Crippen LogP contribution in [0.2, 0.25) is 0 Å².